The van der Waals surface area contributed by atoms with Crippen LogP contribution >= 0.6 is 11.6 Å². The molecule has 0 amide bonds. The van der Waals surface area contributed by atoms with Crippen molar-refractivity contribution in [2.24, 2.45) is 16.7 Å². The van der Waals surface area contributed by atoms with Gasteiger partial charge in [-0.3, -0.25) is 4.79 Å². The smallest absolute Gasteiger partial charge is 0.339 e. The molecule has 6 N–H and O–H groups in total. The number of carbonyl (C=O) groups is 2. The van der Waals surface area contributed by atoms with E-state index in [2.05, 4.69) is 0 Å². The molecule has 32 heavy (non-hydrogen) atoms. The summed E-state index contributed by atoms with van der Waals surface area (Å²) in [5.74, 6) is -4.71. The molecule has 9 heteroatoms. The summed E-state index contributed by atoms with van der Waals surface area (Å²) in [4.78, 5) is 23.8. The van der Waals surface area contributed by atoms with Crippen LogP contribution < -0.4 is 0 Å². The molecule has 1 aromatic rings. The molecule has 174 valence electrons. The minimum atomic E-state index is -1.99. The van der Waals surface area contributed by atoms with Crippen LogP contribution in [0.4, 0.5) is 0 Å². The van der Waals surface area contributed by atoms with Crippen LogP contribution in [0.3, 0.4) is 0 Å². The summed E-state index contributed by atoms with van der Waals surface area (Å²) in [6, 6.07) is 0. The Balaban J connectivity index is 1.96. The Bertz CT molecular complexity index is 1090. The predicted octanol–water partition coefficient (Wildman–Crippen LogP) is 2.26. The van der Waals surface area contributed by atoms with Crippen molar-refractivity contribution in [2.45, 2.75) is 63.8 Å². The zero-order valence-electron chi connectivity index (χ0n) is 18.2. The van der Waals surface area contributed by atoms with Gasteiger partial charge in [0.15, 0.2) is 0 Å². The highest BCUT2D eigenvalue weighted by atomic mass is 35.5. The number of carboxylic acids is 1. The van der Waals surface area contributed by atoms with E-state index in [0.29, 0.717) is 6.29 Å². The summed E-state index contributed by atoms with van der Waals surface area (Å²) in [5, 5.41) is 65.1. The van der Waals surface area contributed by atoms with E-state index in [1.165, 1.54) is 13.0 Å². The molecule has 0 aromatic heterocycles. The SMILES string of the molecule is Cc1c(Cl)c(O)c([C@H]2C[C@]3(C)C4[C@@H](O)C(C)(C)C[C@@]4(O)C=C(C=O)[C@]23O)c(O)c1C(=O)O. The topological polar surface area (TPSA) is 156 Å². The molecule has 1 aromatic carbocycles. The highest BCUT2D eigenvalue weighted by Gasteiger charge is 2.77. The first kappa shape index (κ1) is 23.0. The van der Waals surface area contributed by atoms with Gasteiger partial charge < -0.3 is 30.6 Å². The van der Waals surface area contributed by atoms with Gasteiger partial charge in [-0.1, -0.05) is 32.4 Å². The minimum Gasteiger partial charge on any atom is -0.507 e. The van der Waals surface area contributed by atoms with E-state index in [1.54, 1.807) is 20.8 Å². The Hall–Kier alpha value is -2.13. The van der Waals surface area contributed by atoms with Crippen LogP contribution in [0.5, 0.6) is 11.5 Å². The molecule has 2 saturated carbocycles. The Labute approximate surface area is 189 Å². The maximum absolute atomic E-state index is 12.1. The van der Waals surface area contributed by atoms with E-state index in [1.807, 2.05) is 0 Å². The lowest BCUT2D eigenvalue weighted by atomic mass is 9.39. The number of hydrogen-bond donors (Lipinski definition) is 6. The van der Waals surface area contributed by atoms with E-state index >= 15 is 0 Å². The van der Waals surface area contributed by atoms with E-state index in [0.717, 1.165) is 0 Å². The van der Waals surface area contributed by atoms with E-state index < -0.39 is 63.0 Å². The zero-order valence-corrected chi connectivity index (χ0v) is 18.9. The molecule has 8 nitrogen and oxygen atoms in total. The number of halogens is 1. The third-order valence-electron chi connectivity index (χ3n) is 8.28. The number of fused-ring (bicyclic) bond motifs is 3. The highest BCUT2D eigenvalue weighted by molar-refractivity contribution is 6.33. The van der Waals surface area contributed by atoms with Crippen LogP contribution in [-0.2, 0) is 4.79 Å². The summed E-state index contributed by atoms with van der Waals surface area (Å²) in [6.45, 7) is 6.56. The van der Waals surface area contributed by atoms with E-state index in [-0.39, 0.29) is 34.6 Å². The van der Waals surface area contributed by atoms with Crippen LogP contribution in [0.15, 0.2) is 11.6 Å². The van der Waals surface area contributed by atoms with Crippen LogP contribution in [0, 0.1) is 23.7 Å². The van der Waals surface area contributed by atoms with Crippen LogP contribution in [0.2, 0.25) is 5.02 Å². The molecular weight excluding hydrogens is 440 g/mol. The van der Waals surface area contributed by atoms with Gasteiger partial charge in [0.1, 0.15) is 28.9 Å². The Morgan fingerprint density at radius 2 is 1.78 bits per heavy atom. The number of aliphatic hydroxyl groups is 3. The van der Waals surface area contributed by atoms with Gasteiger partial charge in [0, 0.05) is 28.4 Å². The quantitative estimate of drug-likeness (QED) is 0.370. The number of aliphatic hydroxyl groups excluding tert-OH is 1. The number of phenols is 2. The van der Waals surface area contributed by atoms with Crippen molar-refractivity contribution in [3.63, 3.8) is 0 Å². The molecule has 3 aliphatic carbocycles. The maximum atomic E-state index is 12.1. The molecule has 6 atom stereocenters. The normalized spacial score (nSPS) is 39.5. The predicted molar refractivity (Wildman–Crippen MR) is 114 cm³/mol. The lowest BCUT2D eigenvalue weighted by Gasteiger charge is -2.67. The van der Waals surface area contributed by atoms with Crippen LogP contribution in [0.1, 0.15) is 61.0 Å². The zero-order chi connectivity index (χ0) is 24.2. The second-order valence-corrected chi connectivity index (χ2v) is 10.8. The fourth-order valence-electron chi connectivity index (χ4n) is 6.83. The monoisotopic (exact) mass is 466 g/mol. The van der Waals surface area contributed by atoms with Crippen molar-refractivity contribution < 1.29 is 40.2 Å². The molecule has 0 heterocycles. The molecule has 2 fully saturated rings. The van der Waals surface area contributed by atoms with Crippen molar-refractivity contribution in [1.29, 1.82) is 0 Å². The number of aromatic hydroxyl groups is 2. The number of aldehydes is 1. The van der Waals surface area contributed by atoms with Crippen molar-refractivity contribution in [3.8, 4) is 11.5 Å². The maximum Gasteiger partial charge on any atom is 0.339 e. The van der Waals surface area contributed by atoms with E-state index in [4.69, 9.17) is 11.6 Å². The lowest BCUT2D eigenvalue weighted by molar-refractivity contribution is -0.232. The van der Waals surface area contributed by atoms with Crippen molar-refractivity contribution >= 4 is 23.9 Å². The fourth-order valence-corrected chi connectivity index (χ4v) is 7.03. The Kier molecular flexibility index (Phi) is 4.66. The summed E-state index contributed by atoms with van der Waals surface area (Å²) in [5.41, 5.74) is -6.39. The average Bonchev–Trinajstić information content (AvgIpc) is 2.86. The number of hydrogen-bond acceptors (Lipinski definition) is 7. The third kappa shape index (κ3) is 2.44. The fraction of sp³-hybridized carbons (Fsp3) is 0.565. The number of benzene rings is 1. The van der Waals surface area contributed by atoms with Gasteiger partial charge in [-0.15, -0.1) is 0 Å². The van der Waals surface area contributed by atoms with Crippen molar-refractivity contribution in [1.82, 2.24) is 0 Å². The third-order valence-corrected chi connectivity index (χ3v) is 8.74. The number of rotatable bonds is 3. The lowest BCUT2D eigenvalue weighted by Crippen LogP contribution is -2.72. The minimum absolute atomic E-state index is 0.0378. The summed E-state index contributed by atoms with van der Waals surface area (Å²) in [6.07, 6.45) is 0.897. The Morgan fingerprint density at radius 1 is 1.19 bits per heavy atom. The van der Waals surface area contributed by atoms with Gasteiger partial charge in [-0.25, -0.2) is 4.79 Å². The average molecular weight is 467 g/mol. The molecule has 3 aliphatic rings. The molecule has 0 aliphatic heterocycles. The first-order valence-electron chi connectivity index (χ1n) is 10.4. The first-order valence-corrected chi connectivity index (χ1v) is 10.7. The van der Waals surface area contributed by atoms with Gasteiger partial charge in [0.05, 0.1) is 16.7 Å². The molecule has 0 bridgehead atoms. The van der Waals surface area contributed by atoms with E-state index in [9.17, 15) is 40.2 Å². The molecule has 0 saturated heterocycles. The van der Waals surface area contributed by atoms with Gasteiger partial charge >= 0.3 is 5.97 Å². The first-order chi connectivity index (χ1) is 14.6. The highest BCUT2D eigenvalue weighted by Crippen LogP contribution is 2.74. The number of carboxylic acid groups (broad SMARTS) is 1. The standard InChI is InChI=1S/C23H27ClO8/c1-9-12(19(29)30)15(26)13(16(27)14(9)24)11-6-21(4)17-18(28)20(2,3)8-22(17,31)5-10(7-25)23(11,21)32/h5,7,11,17-18,26-28,31-32H,6,8H2,1-4H3,(H,29,30)/t11-,17?,18-,21-,22+,23+/m1/s1. The summed E-state index contributed by atoms with van der Waals surface area (Å²) < 4.78 is 0. The summed E-state index contributed by atoms with van der Waals surface area (Å²) >= 11 is 6.16. The largest absolute Gasteiger partial charge is 0.507 e. The van der Waals surface area contributed by atoms with Crippen molar-refractivity contribution in [3.05, 3.63) is 33.4 Å². The molecule has 0 spiro atoms. The van der Waals surface area contributed by atoms with Gasteiger partial charge in [0.2, 0.25) is 0 Å². The van der Waals surface area contributed by atoms with Crippen molar-refractivity contribution in [2.75, 3.05) is 0 Å². The van der Waals surface area contributed by atoms with Crippen LogP contribution in [0.25, 0.3) is 0 Å². The number of aromatic carboxylic acids is 1. The second-order valence-electron chi connectivity index (χ2n) is 10.5. The molecule has 4 rings (SSSR count). The molecule has 1 unspecified atom stereocenters. The molecule has 0 radical (unpaired) electrons. The number of phenolic OH excluding ortho intramolecular Hbond substituents is 1. The van der Waals surface area contributed by atoms with Gasteiger partial charge in [-0.2, -0.15) is 0 Å². The van der Waals surface area contributed by atoms with Crippen LogP contribution in [-0.4, -0.2) is 60.2 Å². The van der Waals surface area contributed by atoms with Gasteiger partial charge in [0.25, 0.3) is 0 Å². The second kappa shape index (κ2) is 6.47. The Morgan fingerprint density at radius 3 is 2.31 bits per heavy atom. The van der Waals surface area contributed by atoms with Gasteiger partial charge in [-0.05, 0) is 36.8 Å². The summed E-state index contributed by atoms with van der Waals surface area (Å²) in [7, 11) is 0. The molecular formula is C23H27ClO8. The number of carbonyl (C=O) groups excluding carboxylic acids is 1.